The summed E-state index contributed by atoms with van der Waals surface area (Å²) in [5.41, 5.74) is 2.82. The molecule has 0 aliphatic rings. The van der Waals surface area contributed by atoms with E-state index in [0.29, 0.717) is 18.7 Å². The SMILES string of the molecule is CCCN(Cc1cccn1Cc1ccccc1)C(=O)c1ccc(F)cc1. The lowest BCUT2D eigenvalue weighted by Crippen LogP contribution is -2.32. The highest BCUT2D eigenvalue weighted by Crippen LogP contribution is 2.14. The normalized spacial score (nSPS) is 10.7. The molecule has 1 amide bonds. The van der Waals surface area contributed by atoms with Gasteiger partial charge in [0.1, 0.15) is 5.82 Å². The largest absolute Gasteiger partial charge is 0.345 e. The van der Waals surface area contributed by atoms with Gasteiger partial charge in [-0.2, -0.15) is 0 Å². The molecule has 0 spiro atoms. The summed E-state index contributed by atoms with van der Waals surface area (Å²) in [6, 6.07) is 20.0. The fourth-order valence-electron chi connectivity index (χ4n) is 3.02. The van der Waals surface area contributed by atoms with E-state index < -0.39 is 0 Å². The molecule has 0 unspecified atom stereocenters. The minimum absolute atomic E-state index is 0.0701. The van der Waals surface area contributed by atoms with E-state index in [1.165, 1.54) is 17.7 Å². The van der Waals surface area contributed by atoms with Crippen LogP contribution in [-0.2, 0) is 13.1 Å². The van der Waals surface area contributed by atoms with Crippen LogP contribution in [0.2, 0.25) is 0 Å². The first-order valence-electron chi connectivity index (χ1n) is 8.90. The minimum Gasteiger partial charge on any atom is -0.345 e. The maximum Gasteiger partial charge on any atom is 0.254 e. The van der Waals surface area contributed by atoms with Crippen molar-refractivity contribution in [3.05, 3.63) is 95.6 Å². The summed E-state index contributed by atoms with van der Waals surface area (Å²) < 4.78 is 15.3. The van der Waals surface area contributed by atoms with E-state index in [9.17, 15) is 9.18 Å². The molecular formula is C22H23FN2O. The van der Waals surface area contributed by atoms with Gasteiger partial charge in [0, 0.05) is 30.5 Å². The average Bonchev–Trinajstić information content (AvgIpc) is 3.09. The van der Waals surface area contributed by atoms with E-state index >= 15 is 0 Å². The van der Waals surface area contributed by atoms with Crippen LogP contribution in [0.5, 0.6) is 0 Å². The number of carbonyl (C=O) groups is 1. The summed E-state index contributed by atoms with van der Waals surface area (Å²) in [6.07, 6.45) is 2.90. The summed E-state index contributed by atoms with van der Waals surface area (Å²) in [4.78, 5) is 14.7. The fraction of sp³-hybridized carbons (Fsp3) is 0.227. The van der Waals surface area contributed by atoms with Crippen LogP contribution in [0.4, 0.5) is 4.39 Å². The minimum atomic E-state index is -0.333. The third-order valence-corrected chi connectivity index (χ3v) is 4.34. The van der Waals surface area contributed by atoms with Gasteiger partial charge in [-0.05, 0) is 48.4 Å². The Balaban J connectivity index is 1.77. The number of halogens is 1. The number of carbonyl (C=O) groups excluding carboxylic acids is 1. The third kappa shape index (κ3) is 4.39. The molecule has 0 N–H and O–H groups in total. The first-order chi connectivity index (χ1) is 12.7. The van der Waals surface area contributed by atoms with Crippen LogP contribution >= 0.6 is 0 Å². The average molecular weight is 350 g/mol. The molecule has 0 saturated carbocycles. The van der Waals surface area contributed by atoms with Crippen molar-refractivity contribution < 1.29 is 9.18 Å². The maximum absolute atomic E-state index is 13.1. The number of benzene rings is 2. The zero-order valence-corrected chi connectivity index (χ0v) is 14.9. The van der Waals surface area contributed by atoms with Gasteiger partial charge in [0.25, 0.3) is 5.91 Å². The first kappa shape index (κ1) is 17.9. The van der Waals surface area contributed by atoms with Gasteiger partial charge in [0.2, 0.25) is 0 Å². The smallest absolute Gasteiger partial charge is 0.254 e. The zero-order valence-electron chi connectivity index (χ0n) is 14.9. The molecule has 1 aromatic heterocycles. The van der Waals surface area contributed by atoms with Crippen molar-refractivity contribution in [3.63, 3.8) is 0 Å². The highest BCUT2D eigenvalue weighted by atomic mass is 19.1. The molecule has 0 fully saturated rings. The number of rotatable bonds is 7. The second kappa shape index (κ2) is 8.48. The van der Waals surface area contributed by atoms with Crippen LogP contribution in [0.3, 0.4) is 0 Å². The third-order valence-electron chi connectivity index (χ3n) is 4.34. The van der Waals surface area contributed by atoms with Gasteiger partial charge in [0.05, 0.1) is 6.54 Å². The Labute approximate surface area is 153 Å². The van der Waals surface area contributed by atoms with E-state index in [4.69, 9.17) is 0 Å². The van der Waals surface area contributed by atoms with E-state index in [1.54, 1.807) is 12.1 Å². The number of amides is 1. The molecule has 3 nitrogen and oxygen atoms in total. The molecule has 26 heavy (non-hydrogen) atoms. The van der Waals surface area contributed by atoms with Crippen LogP contribution in [0.25, 0.3) is 0 Å². The highest BCUT2D eigenvalue weighted by Gasteiger charge is 2.17. The summed E-state index contributed by atoms with van der Waals surface area (Å²) in [7, 11) is 0. The lowest BCUT2D eigenvalue weighted by molar-refractivity contribution is 0.0739. The molecule has 1 heterocycles. The Hall–Kier alpha value is -2.88. The predicted molar refractivity (Wildman–Crippen MR) is 101 cm³/mol. The van der Waals surface area contributed by atoms with E-state index in [-0.39, 0.29) is 11.7 Å². The highest BCUT2D eigenvalue weighted by molar-refractivity contribution is 5.94. The summed E-state index contributed by atoms with van der Waals surface area (Å²) in [5.74, 6) is -0.403. The summed E-state index contributed by atoms with van der Waals surface area (Å²) in [5, 5.41) is 0. The van der Waals surface area contributed by atoms with Gasteiger partial charge >= 0.3 is 0 Å². The van der Waals surface area contributed by atoms with Gasteiger partial charge in [-0.1, -0.05) is 37.3 Å². The van der Waals surface area contributed by atoms with Crippen molar-refractivity contribution in [1.29, 1.82) is 0 Å². The van der Waals surface area contributed by atoms with Gasteiger partial charge < -0.3 is 9.47 Å². The molecule has 3 aromatic rings. The second-order valence-electron chi connectivity index (χ2n) is 6.35. The molecule has 0 aliphatic heterocycles. The molecule has 4 heteroatoms. The molecule has 3 rings (SSSR count). The molecule has 0 radical (unpaired) electrons. The lowest BCUT2D eigenvalue weighted by atomic mass is 10.2. The Morgan fingerprint density at radius 2 is 1.73 bits per heavy atom. The Morgan fingerprint density at radius 3 is 2.42 bits per heavy atom. The molecule has 0 atom stereocenters. The van der Waals surface area contributed by atoms with Crippen molar-refractivity contribution >= 4 is 5.91 Å². The molecule has 0 saturated heterocycles. The van der Waals surface area contributed by atoms with Gasteiger partial charge in [-0.15, -0.1) is 0 Å². The number of hydrogen-bond acceptors (Lipinski definition) is 1. The Kier molecular flexibility index (Phi) is 5.84. The number of hydrogen-bond donors (Lipinski definition) is 0. The second-order valence-corrected chi connectivity index (χ2v) is 6.35. The van der Waals surface area contributed by atoms with Crippen molar-refractivity contribution in [1.82, 2.24) is 9.47 Å². The van der Waals surface area contributed by atoms with Crippen molar-refractivity contribution in [2.75, 3.05) is 6.54 Å². The van der Waals surface area contributed by atoms with E-state index in [1.807, 2.05) is 48.4 Å². The van der Waals surface area contributed by atoms with Crippen LogP contribution in [0.1, 0.15) is 35.0 Å². The van der Waals surface area contributed by atoms with Crippen LogP contribution in [-0.4, -0.2) is 21.9 Å². The number of aromatic nitrogens is 1. The van der Waals surface area contributed by atoms with Crippen molar-refractivity contribution in [2.45, 2.75) is 26.4 Å². The Bertz CT molecular complexity index is 840. The summed E-state index contributed by atoms with van der Waals surface area (Å²) >= 11 is 0. The predicted octanol–water partition coefficient (Wildman–Crippen LogP) is 4.73. The molecule has 2 aromatic carbocycles. The molecule has 134 valence electrons. The van der Waals surface area contributed by atoms with Crippen molar-refractivity contribution in [3.8, 4) is 0 Å². The monoisotopic (exact) mass is 350 g/mol. The van der Waals surface area contributed by atoms with E-state index in [0.717, 1.165) is 18.7 Å². The van der Waals surface area contributed by atoms with Gasteiger partial charge in [-0.25, -0.2) is 4.39 Å². The number of nitrogens with zero attached hydrogens (tertiary/aromatic N) is 2. The zero-order chi connectivity index (χ0) is 18.4. The van der Waals surface area contributed by atoms with Crippen molar-refractivity contribution in [2.24, 2.45) is 0 Å². The van der Waals surface area contributed by atoms with Crippen LogP contribution < -0.4 is 0 Å². The quantitative estimate of drug-likeness (QED) is 0.605. The van der Waals surface area contributed by atoms with Crippen LogP contribution in [0, 0.1) is 5.82 Å². The first-order valence-corrected chi connectivity index (χ1v) is 8.90. The fourth-order valence-corrected chi connectivity index (χ4v) is 3.02. The molecule has 0 bridgehead atoms. The van der Waals surface area contributed by atoms with Gasteiger partial charge in [0.15, 0.2) is 0 Å². The van der Waals surface area contributed by atoms with E-state index in [2.05, 4.69) is 16.7 Å². The maximum atomic E-state index is 13.1. The Morgan fingerprint density at radius 1 is 1.00 bits per heavy atom. The topological polar surface area (TPSA) is 25.2 Å². The lowest BCUT2D eigenvalue weighted by Gasteiger charge is -2.23. The standard InChI is InChI=1S/C22H23FN2O/c1-2-14-25(22(26)19-10-12-20(23)13-11-19)17-21-9-6-15-24(21)16-18-7-4-3-5-8-18/h3-13,15H,2,14,16-17H2,1H3. The molecule has 0 aliphatic carbocycles. The van der Waals surface area contributed by atoms with Gasteiger partial charge in [-0.3, -0.25) is 4.79 Å². The van der Waals surface area contributed by atoms with Crippen LogP contribution in [0.15, 0.2) is 72.9 Å². The summed E-state index contributed by atoms with van der Waals surface area (Å²) in [6.45, 7) is 4.01. The molecular weight excluding hydrogens is 327 g/mol.